The average Bonchev–Trinajstić information content (AvgIpc) is 2.83. The average molecular weight is 239 g/mol. The zero-order valence-corrected chi connectivity index (χ0v) is 10.4. The highest BCUT2D eigenvalue weighted by atomic mass is 16.4. The number of likely N-dealkylation sites (tertiary alicyclic amines) is 1. The number of amides is 1. The van der Waals surface area contributed by atoms with Crippen molar-refractivity contribution in [3.63, 3.8) is 0 Å². The molecule has 0 spiro atoms. The standard InChI is InChI=1S/C13H21NO3/c1-2-3-7-11(15)14-8-9-5-4-6-10(9)12(14)13(16)17/h9-10,12H,2-8H2,1H3,(H,16,17). The van der Waals surface area contributed by atoms with E-state index >= 15 is 0 Å². The van der Waals surface area contributed by atoms with Crippen LogP contribution in [0.15, 0.2) is 0 Å². The summed E-state index contributed by atoms with van der Waals surface area (Å²) in [6.07, 6.45) is 5.52. The molecule has 0 radical (unpaired) electrons. The van der Waals surface area contributed by atoms with Crippen LogP contribution in [0.5, 0.6) is 0 Å². The summed E-state index contributed by atoms with van der Waals surface area (Å²) in [6.45, 7) is 2.71. The van der Waals surface area contributed by atoms with Gasteiger partial charge < -0.3 is 10.0 Å². The van der Waals surface area contributed by atoms with Crippen LogP contribution in [0.25, 0.3) is 0 Å². The Bertz CT molecular complexity index is 316. The normalized spacial score (nSPS) is 31.6. The number of carboxylic acids is 1. The van der Waals surface area contributed by atoms with Crippen molar-refractivity contribution in [3.8, 4) is 0 Å². The molecule has 0 aromatic carbocycles. The molecule has 96 valence electrons. The third-order valence-corrected chi connectivity index (χ3v) is 4.21. The maximum absolute atomic E-state index is 12.0. The molecule has 3 unspecified atom stereocenters. The molecule has 1 aliphatic heterocycles. The molecule has 0 aromatic rings. The minimum atomic E-state index is -0.816. The number of carboxylic acid groups (broad SMARTS) is 1. The van der Waals surface area contributed by atoms with Gasteiger partial charge in [0.15, 0.2) is 0 Å². The summed E-state index contributed by atoms with van der Waals surface area (Å²) in [6, 6.07) is -0.549. The summed E-state index contributed by atoms with van der Waals surface area (Å²) in [5.74, 6) is -0.141. The Hall–Kier alpha value is -1.06. The molecule has 3 atom stereocenters. The fraction of sp³-hybridized carbons (Fsp3) is 0.846. The van der Waals surface area contributed by atoms with Gasteiger partial charge in [0.05, 0.1) is 0 Å². The van der Waals surface area contributed by atoms with Gasteiger partial charge in [-0.2, -0.15) is 0 Å². The number of unbranched alkanes of at least 4 members (excludes halogenated alkanes) is 1. The van der Waals surface area contributed by atoms with E-state index in [0.29, 0.717) is 18.9 Å². The van der Waals surface area contributed by atoms with E-state index in [9.17, 15) is 14.7 Å². The topological polar surface area (TPSA) is 57.6 Å². The Kier molecular flexibility index (Phi) is 3.69. The maximum atomic E-state index is 12.0. The molecule has 2 rings (SSSR count). The molecule has 1 N–H and O–H groups in total. The first kappa shape index (κ1) is 12.4. The highest BCUT2D eigenvalue weighted by molar-refractivity contribution is 5.84. The number of aliphatic carboxylic acids is 1. The second kappa shape index (κ2) is 5.07. The van der Waals surface area contributed by atoms with Crippen molar-refractivity contribution in [2.75, 3.05) is 6.54 Å². The number of carbonyl (C=O) groups is 2. The first-order valence-electron chi connectivity index (χ1n) is 6.67. The summed E-state index contributed by atoms with van der Waals surface area (Å²) < 4.78 is 0. The van der Waals surface area contributed by atoms with E-state index < -0.39 is 12.0 Å². The lowest BCUT2D eigenvalue weighted by atomic mass is 9.94. The van der Waals surface area contributed by atoms with Crippen LogP contribution >= 0.6 is 0 Å². The van der Waals surface area contributed by atoms with Crippen LogP contribution < -0.4 is 0 Å². The molecule has 1 saturated heterocycles. The summed E-state index contributed by atoms with van der Waals surface area (Å²) >= 11 is 0. The van der Waals surface area contributed by atoms with Crippen LogP contribution in [-0.4, -0.2) is 34.5 Å². The second-order valence-electron chi connectivity index (χ2n) is 5.29. The fourth-order valence-electron chi connectivity index (χ4n) is 3.35. The van der Waals surface area contributed by atoms with Crippen LogP contribution in [0.3, 0.4) is 0 Å². The lowest BCUT2D eigenvalue weighted by Crippen LogP contribution is -2.43. The monoisotopic (exact) mass is 239 g/mol. The lowest BCUT2D eigenvalue weighted by molar-refractivity contribution is -0.149. The van der Waals surface area contributed by atoms with Gasteiger partial charge >= 0.3 is 5.97 Å². The summed E-state index contributed by atoms with van der Waals surface area (Å²) in [5.41, 5.74) is 0. The SMILES string of the molecule is CCCCC(=O)N1CC2CCCC2C1C(=O)O. The summed E-state index contributed by atoms with van der Waals surface area (Å²) in [7, 11) is 0. The number of rotatable bonds is 4. The van der Waals surface area contributed by atoms with Gasteiger partial charge in [-0.05, 0) is 31.1 Å². The van der Waals surface area contributed by atoms with E-state index in [1.54, 1.807) is 4.90 Å². The molecule has 2 fully saturated rings. The zero-order chi connectivity index (χ0) is 12.4. The van der Waals surface area contributed by atoms with Crippen LogP contribution in [0.4, 0.5) is 0 Å². The quantitative estimate of drug-likeness (QED) is 0.815. The maximum Gasteiger partial charge on any atom is 0.326 e. The number of fused-ring (bicyclic) bond motifs is 1. The first-order chi connectivity index (χ1) is 8.15. The van der Waals surface area contributed by atoms with Gasteiger partial charge in [-0.25, -0.2) is 4.79 Å². The lowest BCUT2D eigenvalue weighted by Gasteiger charge is -2.24. The van der Waals surface area contributed by atoms with E-state index in [1.807, 2.05) is 6.92 Å². The molecule has 1 amide bonds. The Morgan fingerprint density at radius 3 is 2.76 bits per heavy atom. The van der Waals surface area contributed by atoms with Crippen molar-refractivity contribution in [2.45, 2.75) is 51.5 Å². The van der Waals surface area contributed by atoms with Gasteiger partial charge in [0.1, 0.15) is 6.04 Å². The highest BCUT2D eigenvalue weighted by Gasteiger charge is 2.49. The van der Waals surface area contributed by atoms with Crippen molar-refractivity contribution in [1.82, 2.24) is 4.90 Å². The fourth-order valence-corrected chi connectivity index (χ4v) is 3.35. The molecule has 2 aliphatic rings. The van der Waals surface area contributed by atoms with Crippen molar-refractivity contribution in [3.05, 3.63) is 0 Å². The van der Waals surface area contributed by atoms with Gasteiger partial charge in [-0.1, -0.05) is 19.8 Å². The number of nitrogens with zero attached hydrogens (tertiary/aromatic N) is 1. The number of hydrogen-bond donors (Lipinski definition) is 1. The highest BCUT2D eigenvalue weighted by Crippen LogP contribution is 2.42. The predicted molar refractivity (Wildman–Crippen MR) is 63.5 cm³/mol. The number of hydrogen-bond acceptors (Lipinski definition) is 2. The van der Waals surface area contributed by atoms with Crippen molar-refractivity contribution in [1.29, 1.82) is 0 Å². The minimum Gasteiger partial charge on any atom is -0.480 e. The van der Waals surface area contributed by atoms with Gasteiger partial charge in [0, 0.05) is 13.0 Å². The molecule has 4 heteroatoms. The Morgan fingerprint density at radius 2 is 2.12 bits per heavy atom. The van der Waals surface area contributed by atoms with Crippen LogP contribution in [0, 0.1) is 11.8 Å². The molecule has 17 heavy (non-hydrogen) atoms. The number of carbonyl (C=O) groups excluding carboxylic acids is 1. The van der Waals surface area contributed by atoms with Crippen LogP contribution in [0.2, 0.25) is 0 Å². The molecule has 0 bridgehead atoms. The molecule has 1 saturated carbocycles. The van der Waals surface area contributed by atoms with Crippen molar-refractivity contribution >= 4 is 11.9 Å². The van der Waals surface area contributed by atoms with Gasteiger partial charge in [-0.15, -0.1) is 0 Å². The van der Waals surface area contributed by atoms with Crippen molar-refractivity contribution in [2.24, 2.45) is 11.8 Å². The molecule has 4 nitrogen and oxygen atoms in total. The Labute approximate surface area is 102 Å². The van der Waals surface area contributed by atoms with Crippen LogP contribution in [0.1, 0.15) is 45.4 Å². The minimum absolute atomic E-state index is 0.0358. The summed E-state index contributed by atoms with van der Waals surface area (Å²) in [5, 5.41) is 9.31. The van der Waals surface area contributed by atoms with Crippen molar-refractivity contribution < 1.29 is 14.7 Å². The third-order valence-electron chi connectivity index (χ3n) is 4.21. The van der Waals surface area contributed by atoms with E-state index in [1.165, 1.54) is 0 Å². The Balaban J connectivity index is 2.06. The van der Waals surface area contributed by atoms with E-state index in [0.717, 1.165) is 32.1 Å². The smallest absolute Gasteiger partial charge is 0.326 e. The molecular formula is C13H21NO3. The molecule has 1 heterocycles. The molecule has 0 aromatic heterocycles. The first-order valence-corrected chi connectivity index (χ1v) is 6.67. The zero-order valence-electron chi connectivity index (χ0n) is 10.4. The molecular weight excluding hydrogens is 218 g/mol. The van der Waals surface area contributed by atoms with Gasteiger partial charge in [0.2, 0.25) is 5.91 Å². The van der Waals surface area contributed by atoms with E-state index in [-0.39, 0.29) is 11.8 Å². The predicted octanol–water partition coefficient (Wildman–Crippen LogP) is 1.89. The summed E-state index contributed by atoms with van der Waals surface area (Å²) in [4.78, 5) is 25.0. The third kappa shape index (κ3) is 2.31. The van der Waals surface area contributed by atoms with Crippen LogP contribution in [-0.2, 0) is 9.59 Å². The molecule has 1 aliphatic carbocycles. The second-order valence-corrected chi connectivity index (χ2v) is 5.29. The Morgan fingerprint density at radius 1 is 1.35 bits per heavy atom. The van der Waals surface area contributed by atoms with E-state index in [4.69, 9.17) is 0 Å². The largest absolute Gasteiger partial charge is 0.480 e. The van der Waals surface area contributed by atoms with Gasteiger partial charge in [0.25, 0.3) is 0 Å². The van der Waals surface area contributed by atoms with Gasteiger partial charge in [-0.3, -0.25) is 4.79 Å². The van der Waals surface area contributed by atoms with E-state index in [2.05, 4.69) is 0 Å².